The molecule has 28 heavy (non-hydrogen) atoms. The third-order valence-corrected chi connectivity index (χ3v) is 5.87. The monoisotopic (exact) mass is 413 g/mol. The van der Waals surface area contributed by atoms with Crippen LogP contribution in [0.4, 0.5) is 4.79 Å². The van der Waals surface area contributed by atoms with E-state index in [1.54, 1.807) is 16.7 Å². The number of hydrogen-bond donors (Lipinski definition) is 1. The predicted octanol–water partition coefficient (Wildman–Crippen LogP) is 3.99. The van der Waals surface area contributed by atoms with Crippen LogP contribution in [-0.4, -0.2) is 57.5 Å². The highest BCUT2D eigenvalue weighted by Crippen LogP contribution is 2.40. The molecule has 1 N–H and O–H groups in total. The third kappa shape index (κ3) is 7.17. The van der Waals surface area contributed by atoms with E-state index in [9.17, 15) is 14.7 Å². The number of rotatable bonds is 6. The highest BCUT2D eigenvalue weighted by Gasteiger charge is 2.44. The number of ether oxygens (including phenoxy) is 2. The highest BCUT2D eigenvalue weighted by atomic mass is 32.2. The lowest BCUT2D eigenvalue weighted by Crippen LogP contribution is -2.48. The van der Waals surface area contributed by atoms with Crippen molar-refractivity contribution in [3.8, 4) is 0 Å². The van der Waals surface area contributed by atoms with Gasteiger partial charge in [0.1, 0.15) is 5.60 Å². The SMILES string of the molecule is COC(=O)/C=C/[C@@H](O)[C@@H](/C=C/[C@@H]1CSC(C)(C)N1C(=O)OC(C)(C)C)C(C)C. The van der Waals surface area contributed by atoms with Gasteiger partial charge in [-0.15, -0.1) is 11.8 Å². The summed E-state index contributed by atoms with van der Waals surface area (Å²) in [6.45, 7) is 13.6. The number of carbonyl (C=O) groups is 2. The Kier molecular flexibility index (Phi) is 8.63. The number of esters is 1. The quantitative estimate of drug-likeness (QED) is 0.403. The van der Waals surface area contributed by atoms with Gasteiger partial charge in [0.15, 0.2) is 0 Å². The largest absolute Gasteiger partial charge is 0.466 e. The predicted molar refractivity (Wildman–Crippen MR) is 113 cm³/mol. The number of carbonyl (C=O) groups excluding carboxylic acids is 2. The lowest BCUT2D eigenvalue weighted by atomic mass is 9.89. The van der Waals surface area contributed by atoms with Gasteiger partial charge in [0, 0.05) is 17.7 Å². The second-order valence-corrected chi connectivity index (χ2v) is 10.4. The van der Waals surface area contributed by atoms with E-state index >= 15 is 0 Å². The van der Waals surface area contributed by atoms with Crippen molar-refractivity contribution >= 4 is 23.8 Å². The normalized spacial score (nSPS) is 22.1. The van der Waals surface area contributed by atoms with Crippen LogP contribution in [0.2, 0.25) is 0 Å². The van der Waals surface area contributed by atoms with Crippen LogP contribution in [0.15, 0.2) is 24.3 Å². The minimum Gasteiger partial charge on any atom is -0.466 e. The van der Waals surface area contributed by atoms with Gasteiger partial charge in [-0.05, 0) is 46.6 Å². The molecule has 3 atom stereocenters. The standard InChI is InChI=1S/C21H35NO5S/c1-14(2)16(17(23)11-12-18(24)26-8)10-9-15-13-28-21(6,7)22(15)19(25)27-20(3,4)5/h9-12,14-17,23H,13H2,1-8H3/b10-9+,12-11+/t15-,16+,17-/m1/s1. The number of thioether (sulfide) groups is 1. The summed E-state index contributed by atoms with van der Waals surface area (Å²) >= 11 is 1.69. The molecular weight excluding hydrogens is 378 g/mol. The van der Waals surface area contributed by atoms with Crippen molar-refractivity contribution in [1.82, 2.24) is 4.90 Å². The van der Waals surface area contributed by atoms with E-state index in [0.717, 1.165) is 5.75 Å². The van der Waals surface area contributed by atoms with E-state index in [4.69, 9.17) is 4.74 Å². The number of aliphatic hydroxyl groups is 1. The van der Waals surface area contributed by atoms with Gasteiger partial charge in [-0.25, -0.2) is 9.59 Å². The highest BCUT2D eigenvalue weighted by molar-refractivity contribution is 8.00. The first-order valence-corrected chi connectivity index (χ1v) is 10.6. The van der Waals surface area contributed by atoms with Crippen LogP contribution in [0.1, 0.15) is 48.5 Å². The van der Waals surface area contributed by atoms with Gasteiger partial charge >= 0.3 is 12.1 Å². The molecule has 7 heteroatoms. The summed E-state index contributed by atoms with van der Waals surface area (Å²) < 4.78 is 10.2. The zero-order valence-corrected chi connectivity index (χ0v) is 19.1. The summed E-state index contributed by atoms with van der Waals surface area (Å²) in [5, 5.41) is 10.5. The van der Waals surface area contributed by atoms with Crippen LogP contribution >= 0.6 is 11.8 Å². The number of nitrogens with zero attached hydrogens (tertiary/aromatic N) is 1. The van der Waals surface area contributed by atoms with Gasteiger partial charge < -0.3 is 14.6 Å². The van der Waals surface area contributed by atoms with Crippen molar-refractivity contribution in [3.05, 3.63) is 24.3 Å². The van der Waals surface area contributed by atoms with Gasteiger partial charge in [0.2, 0.25) is 0 Å². The van der Waals surface area contributed by atoms with E-state index in [0.29, 0.717) is 0 Å². The lowest BCUT2D eigenvalue weighted by Gasteiger charge is -2.35. The third-order valence-electron chi connectivity index (χ3n) is 4.46. The Morgan fingerprint density at radius 1 is 1.25 bits per heavy atom. The molecule has 0 aromatic rings. The first-order valence-electron chi connectivity index (χ1n) is 9.57. The molecule has 1 rings (SSSR count). The molecule has 0 unspecified atom stereocenters. The molecule has 0 bridgehead atoms. The molecule has 1 aliphatic heterocycles. The minimum absolute atomic E-state index is 0.132. The molecule has 0 spiro atoms. The van der Waals surface area contributed by atoms with Crippen LogP contribution in [0, 0.1) is 11.8 Å². The molecule has 0 aromatic carbocycles. The summed E-state index contributed by atoms with van der Waals surface area (Å²) in [5.41, 5.74) is -0.565. The zero-order chi connectivity index (χ0) is 21.7. The number of methoxy groups -OCH3 is 1. The maximum Gasteiger partial charge on any atom is 0.411 e. The fourth-order valence-corrected chi connectivity index (χ4v) is 4.19. The van der Waals surface area contributed by atoms with Gasteiger partial charge in [-0.1, -0.05) is 26.0 Å². The summed E-state index contributed by atoms with van der Waals surface area (Å²) in [6, 6.07) is -0.132. The molecular formula is C21H35NO5S. The topological polar surface area (TPSA) is 76.1 Å². The molecule has 1 heterocycles. The summed E-state index contributed by atoms with van der Waals surface area (Å²) in [5.74, 6) is 0.193. The first-order chi connectivity index (χ1) is 12.8. The van der Waals surface area contributed by atoms with Crippen molar-refractivity contribution in [1.29, 1.82) is 0 Å². The maximum absolute atomic E-state index is 12.8. The molecule has 0 radical (unpaired) electrons. The van der Waals surface area contributed by atoms with Crippen molar-refractivity contribution < 1.29 is 24.2 Å². The zero-order valence-electron chi connectivity index (χ0n) is 18.3. The van der Waals surface area contributed by atoms with Crippen molar-refractivity contribution in [2.45, 2.75) is 71.1 Å². The molecule has 160 valence electrons. The van der Waals surface area contributed by atoms with E-state index in [-0.39, 0.29) is 28.8 Å². The Labute approximate surface area is 173 Å². The lowest BCUT2D eigenvalue weighted by molar-refractivity contribution is -0.134. The van der Waals surface area contributed by atoms with Crippen molar-refractivity contribution in [2.75, 3.05) is 12.9 Å². The Morgan fingerprint density at radius 2 is 1.86 bits per heavy atom. The number of aliphatic hydroxyl groups excluding tert-OH is 1. The average molecular weight is 414 g/mol. The summed E-state index contributed by atoms with van der Waals surface area (Å²) in [7, 11) is 1.30. The summed E-state index contributed by atoms with van der Waals surface area (Å²) in [6.07, 6.45) is 5.40. The molecule has 1 aliphatic rings. The number of amides is 1. The molecule has 1 amide bonds. The van der Waals surface area contributed by atoms with Crippen LogP contribution in [0.3, 0.4) is 0 Å². The second-order valence-electron chi connectivity index (χ2n) is 8.75. The minimum atomic E-state index is -0.826. The van der Waals surface area contributed by atoms with Crippen molar-refractivity contribution in [3.63, 3.8) is 0 Å². The van der Waals surface area contributed by atoms with E-state index in [1.165, 1.54) is 19.3 Å². The summed E-state index contributed by atoms with van der Waals surface area (Å²) in [4.78, 5) is 25.4. The molecule has 0 saturated carbocycles. The molecule has 0 aliphatic carbocycles. The average Bonchev–Trinajstić information content (AvgIpc) is 2.85. The maximum atomic E-state index is 12.8. The Bertz CT molecular complexity index is 606. The second kappa shape index (κ2) is 9.83. The fourth-order valence-electron chi connectivity index (χ4n) is 3.00. The van der Waals surface area contributed by atoms with Gasteiger partial charge in [0.25, 0.3) is 0 Å². The smallest absolute Gasteiger partial charge is 0.411 e. The Morgan fingerprint density at radius 3 is 2.36 bits per heavy atom. The van der Waals surface area contributed by atoms with Gasteiger partial charge in [-0.2, -0.15) is 0 Å². The molecule has 6 nitrogen and oxygen atoms in total. The number of hydrogen-bond acceptors (Lipinski definition) is 6. The van der Waals surface area contributed by atoms with Crippen LogP contribution < -0.4 is 0 Å². The fraction of sp³-hybridized carbons (Fsp3) is 0.714. The molecule has 0 aromatic heterocycles. The van der Waals surface area contributed by atoms with Crippen LogP contribution in [0.25, 0.3) is 0 Å². The van der Waals surface area contributed by atoms with Gasteiger partial charge in [0.05, 0.1) is 24.1 Å². The van der Waals surface area contributed by atoms with Crippen molar-refractivity contribution in [2.24, 2.45) is 11.8 Å². The van der Waals surface area contributed by atoms with E-state index in [2.05, 4.69) is 4.74 Å². The van der Waals surface area contributed by atoms with E-state index in [1.807, 2.05) is 60.6 Å². The van der Waals surface area contributed by atoms with Gasteiger partial charge in [-0.3, -0.25) is 4.90 Å². The van der Waals surface area contributed by atoms with Crippen LogP contribution in [-0.2, 0) is 14.3 Å². The molecule has 1 fully saturated rings. The Hall–Kier alpha value is -1.47. The first kappa shape index (κ1) is 24.6. The molecule has 1 saturated heterocycles. The van der Waals surface area contributed by atoms with E-state index < -0.39 is 17.7 Å². The Balaban J connectivity index is 2.99. The van der Waals surface area contributed by atoms with Crippen LogP contribution in [0.5, 0.6) is 0 Å².